The van der Waals surface area contributed by atoms with Gasteiger partial charge in [-0.2, -0.15) is 0 Å². The molecule has 1 aliphatic heterocycles. The fourth-order valence-electron chi connectivity index (χ4n) is 3.37. The predicted octanol–water partition coefficient (Wildman–Crippen LogP) is 2.39. The Balaban J connectivity index is 2.03. The van der Waals surface area contributed by atoms with Crippen LogP contribution < -0.4 is 5.32 Å². The van der Waals surface area contributed by atoms with Crippen LogP contribution in [0, 0.1) is 0 Å². The second-order valence-electron chi connectivity index (χ2n) is 5.36. The van der Waals surface area contributed by atoms with E-state index in [1.165, 1.54) is 58.2 Å². The summed E-state index contributed by atoms with van der Waals surface area (Å²) in [5.74, 6) is 0. The first-order chi connectivity index (χ1) is 7.30. The summed E-state index contributed by atoms with van der Waals surface area (Å²) >= 11 is 0. The van der Waals surface area contributed by atoms with E-state index in [1.54, 1.807) is 0 Å². The van der Waals surface area contributed by atoms with Crippen molar-refractivity contribution in [2.24, 2.45) is 0 Å². The molecule has 1 atom stereocenters. The molecule has 0 bridgehead atoms. The fourth-order valence-corrected chi connectivity index (χ4v) is 3.37. The van der Waals surface area contributed by atoms with Crippen molar-refractivity contribution < 1.29 is 0 Å². The van der Waals surface area contributed by atoms with Crippen molar-refractivity contribution in [1.29, 1.82) is 0 Å². The van der Waals surface area contributed by atoms with Crippen LogP contribution in [0.4, 0.5) is 0 Å². The average molecular weight is 210 g/mol. The summed E-state index contributed by atoms with van der Waals surface area (Å²) in [5, 5.41) is 3.75. The van der Waals surface area contributed by atoms with Gasteiger partial charge in [0, 0.05) is 24.7 Å². The molecule has 1 heterocycles. The van der Waals surface area contributed by atoms with Gasteiger partial charge in [-0.05, 0) is 32.2 Å². The molecular formula is C13H26N2. The molecule has 1 saturated carbocycles. The number of hydrogen-bond acceptors (Lipinski definition) is 2. The zero-order valence-electron chi connectivity index (χ0n) is 10.4. The lowest BCUT2D eigenvalue weighted by Crippen LogP contribution is -2.63. The van der Waals surface area contributed by atoms with Crippen LogP contribution in [0.5, 0.6) is 0 Å². The van der Waals surface area contributed by atoms with Crippen LogP contribution in [0.2, 0.25) is 0 Å². The molecule has 0 aromatic carbocycles. The molecule has 1 unspecified atom stereocenters. The second-order valence-corrected chi connectivity index (χ2v) is 5.36. The predicted molar refractivity (Wildman–Crippen MR) is 65.1 cm³/mol. The van der Waals surface area contributed by atoms with Crippen LogP contribution in [0.15, 0.2) is 0 Å². The van der Waals surface area contributed by atoms with Crippen molar-refractivity contribution in [3.05, 3.63) is 0 Å². The van der Waals surface area contributed by atoms with E-state index in [0.717, 1.165) is 6.04 Å². The van der Waals surface area contributed by atoms with Gasteiger partial charge < -0.3 is 5.32 Å². The van der Waals surface area contributed by atoms with Gasteiger partial charge in [-0.1, -0.05) is 26.7 Å². The zero-order chi connectivity index (χ0) is 10.7. The molecule has 2 rings (SSSR count). The lowest BCUT2D eigenvalue weighted by Gasteiger charge is -2.48. The van der Waals surface area contributed by atoms with Gasteiger partial charge in [0.2, 0.25) is 0 Å². The Morgan fingerprint density at radius 2 is 2.00 bits per heavy atom. The van der Waals surface area contributed by atoms with Crippen LogP contribution in [0.25, 0.3) is 0 Å². The molecule has 0 aromatic rings. The maximum absolute atomic E-state index is 3.75. The molecule has 0 radical (unpaired) electrons. The Hall–Kier alpha value is -0.0800. The minimum Gasteiger partial charge on any atom is -0.311 e. The second kappa shape index (κ2) is 4.84. The Kier molecular flexibility index (Phi) is 3.68. The van der Waals surface area contributed by atoms with E-state index >= 15 is 0 Å². The Morgan fingerprint density at radius 3 is 2.60 bits per heavy atom. The highest BCUT2D eigenvalue weighted by atomic mass is 15.3. The zero-order valence-corrected chi connectivity index (χ0v) is 10.4. The van der Waals surface area contributed by atoms with Crippen molar-refractivity contribution in [1.82, 2.24) is 10.2 Å². The molecule has 2 nitrogen and oxygen atoms in total. The van der Waals surface area contributed by atoms with E-state index in [0.29, 0.717) is 5.54 Å². The first-order valence-corrected chi connectivity index (χ1v) is 6.79. The van der Waals surface area contributed by atoms with Crippen molar-refractivity contribution in [3.63, 3.8) is 0 Å². The number of rotatable bonds is 3. The molecule has 1 aliphatic carbocycles. The van der Waals surface area contributed by atoms with Crippen LogP contribution in [-0.4, -0.2) is 36.1 Å². The van der Waals surface area contributed by atoms with E-state index in [2.05, 4.69) is 24.1 Å². The monoisotopic (exact) mass is 210 g/mol. The van der Waals surface area contributed by atoms with Gasteiger partial charge in [0.25, 0.3) is 0 Å². The summed E-state index contributed by atoms with van der Waals surface area (Å²) in [7, 11) is 0. The van der Waals surface area contributed by atoms with E-state index in [1.807, 2.05) is 0 Å². The van der Waals surface area contributed by atoms with E-state index < -0.39 is 0 Å². The van der Waals surface area contributed by atoms with Gasteiger partial charge in [0.1, 0.15) is 0 Å². The first-order valence-electron chi connectivity index (χ1n) is 6.79. The molecule has 1 N–H and O–H groups in total. The number of nitrogens with one attached hydrogen (secondary N) is 1. The molecule has 1 spiro atoms. The largest absolute Gasteiger partial charge is 0.311 e. The molecule has 15 heavy (non-hydrogen) atoms. The van der Waals surface area contributed by atoms with Crippen molar-refractivity contribution >= 4 is 0 Å². The molecule has 1 saturated heterocycles. The maximum Gasteiger partial charge on any atom is 0.0334 e. The summed E-state index contributed by atoms with van der Waals surface area (Å²) < 4.78 is 0. The first kappa shape index (κ1) is 11.4. The topological polar surface area (TPSA) is 15.3 Å². The average Bonchev–Trinajstić information content (AvgIpc) is 2.72. The van der Waals surface area contributed by atoms with Gasteiger partial charge in [-0.15, -0.1) is 0 Å². The Labute approximate surface area is 94.4 Å². The quantitative estimate of drug-likeness (QED) is 0.769. The lowest BCUT2D eigenvalue weighted by molar-refractivity contribution is 0.0423. The van der Waals surface area contributed by atoms with Crippen molar-refractivity contribution in [2.75, 3.05) is 19.6 Å². The van der Waals surface area contributed by atoms with Crippen LogP contribution >= 0.6 is 0 Å². The smallest absolute Gasteiger partial charge is 0.0334 e. The number of hydrogen-bond donors (Lipinski definition) is 1. The fraction of sp³-hybridized carbons (Fsp3) is 1.00. The normalized spacial score (nSPS) is 31.2. The summed E-state index contributed by atoms with van der Waals surface area (Å²) in [4.78, 5) is 2.80. The Morgan fingerprint density at radius 1 is 1.27 bits per heavy atom. The summed E-state index contributed by atoms with van der Waals surface area (Å²) in [6.45, 7) is 8.44. The van der Waals surface area contributed by atoms with E-state index in [-0.39, 0.29) is 0 Å². The highest BCUT2D eigenvalue weighted by Crippen LogP contribution is 2.37. The third kappa shape index (κ3) is 2.21. The third-order valence-corrected chi connectivity index (χ3v) is 4.35. The Bertz CT molecular complexity index is 197. The van der Waals surface area contributed by atoms with Crippen LogP contribution in [-0.2, 0) is 0 Å². The number of piperazine rings is 1. The highest BCUT2D eigenvalue weighted by molar-refractivity contribution is 5.01. The summed E-state index contributed by atoms with van der Waals surface area (Å²) in [6, 6.07) is 0.739. The third-order valence-electron chi connectivity index (χ3n) is 4.35. The summed E-state index contributed by atoms with van der Waals surface area (Å²) in [5.41, 5.74) is 0.543. The minimum atomic E-state index is 0.543. The molecule has 0 aromatic heterocycles. The molecule has 2 heteroatoms. The molecule has 2 aliphatic rings. The highest BCUT2D eigenvalue weighted by Gasteiger charge is 2.42. The SMILES string of the molecule is CCCN1CC(CC)NCC12CCCC2. The number of nitrogens with zero attached hydrogens (tertiary/aromatic N) is 1. The van der Waals surface area contributed by atoms with Crippen LogP contribution in [0.3, 0.4) is 0 Å². The molecule has 88 valence electrons. The van der Waals surface area contributed by atoms with Gasteiger partial charge in [-0.25, -0.2) is 0 Å². The molecule has 0 amide bonds. The van der Waals surface area contributed by atoms with Crippen molar-refractivity contribution in [2.45, 2.75) is 64.0 Å². The maximum atomic E-state index is 3.75. The standard InChI is InChI=1S/C13H26N2/c1-3-9-15-10-12(4-2)14-11-13(15)7-5-6-8-13/h12,14H,3-11H2,1-2H3. The van der Waals surface area contributed by atoms with Gasteiger partial charge in [-0.3, -0.25) is 4.90 Å². The summed E-state index contributed by atoms with van der Waals surface area (Å²) in [6.07, 6.45) is 8.32. The van der Waals surface area contributed by atoms with E-state index in [4.69, 9.17) is 0 Å². The van der Waals surface area contributed by atoms with Crippen molar-refractivity contribution in [3.8, 4) is 0 Å². The van der Waals surface area contributed by atoms with Gasteiger partial charge in [0.05, 0.1) is 0 Å². The lowest BCUT2D eigenvalue weighted by atomic mass is 9.90. The van der Waals surface area contributed by atoms with Gasteiger partial charge in [0.15, 0.2) is 0 Å². The van der Waals surface area contributed by atoms with Gasteiger partial charge >= 0.3 is 0 Å². The van der Waals surface area contributed by atoms with E-state index in [9.17, 15) is 0 Å². The minimum absolute atomic E-state index is 0.543. The molecule has 2 fully saturated rings. The molecular weight excluding hydrogens is 184 g/mol. The van der Waals surface area contributed by atoms with Crippen LogP contribution in [0.1, 0.15) is 52.4 Å².